The van der Waals surface area contributed by atoms with E-state index in [2.05, 4.69) is 5.32 Å². The van der Waals surface area contributed by atoms with Gasteiger partial charge in [-0.1, -0.05) is 12.1 Å². The summed E-state index contributed by atoms with van der Waals surface area (Å²) in [5, 5.41) is 3.13. The first-order valence-electron chi connectivity index (χ1n) is 7.74. The van der Waals surface area contributed by atoms with Crippen molar-refractivity contribution in [2.45, 2.75) is 38.9 Å². The lowest BCUT2D eigenvalue weighted by Crippen LogP contribution is -2.41. The van der Waals surface area contributed by atoms with E-state index in [1.807, 2.05) is 40.8 Å². The van der Waals surface area contributed by atoms with Gasteiger partial charge >= 0.3 is 7.12 Å². The van der Waals surface area contributed by atoms with Gasteiger partial charge in [-0.3, -0.25) is 0 Å². The van der Waals surface area contributed by atoms with E-state index in [0.29, 0.717) is 6.54 Å². The average molecular weight is 321 g/mol. The van der Waals surface area contributed by atoms with Crippen molar-refractivity contribution >= 4 is 13.2 Å². The highest BCUT2D eigenvalue weighted by Crippen LogP contribution is 2.38. The molecule has 23 heavy (non-hydrogen) atoms. The van der Waals surface area contributed by atoms with Gasteiger partial charge in [-0.15, -0.1) is 0 Å². The van der Waals surface area contributed by atoms with Crippen molar-refractivity contribution in [2.75, 3.05) is 20.7 Å². The van der Waals surface area contributed by atoms with Crippen molar-refractivity contribution in [2.24, 2.45) is 0 Å². The van der Waals surface area contributed by atoms with Crippen LogP contribution in [-0.2, 0) is 9.31 Å². The monoisotopic (exact) mass is 321 g/mol. The highest BCUT2D eigenvalue weighted by molar-refractivity contribution is 6.55. The van der Waals surface area contributed by atoms with Crippen LogP contribution in [0, 0.1) is 5.82 Å². The van der Waals surface area contributed by atoms with E-state index in [0.717, 1.165) is 11.0 Å². The van der Waals surface area contributed by atoms with E-state index in [4.69, 9.17) is 14.0 Å². The van der Waals surface area contributed by atoms with Crippen molar-refractivity contribution in [3.05, 3.63) is 35.1 Å². The lowest BCUT2D eigenvalue weighted by atomic mass is 9.77. The average Bonchev–Trinajstić information content (AvgIpc) is 2.69. The van der Waals surface area contributed by atoms with E-state index in [-0.39, 0.29) is 11.6 Å². The number of benzene rings is 1. The van der Waals surface area contributed by atoms with Gasteiger partial charge in [-0.2, -0.15) is 0 Å². The molecule has 1 aliphatic rings. The molecule has 0 atom stereocenters. The molecule has 126 valence electrons. The van der Waals surface area contributed by atoms with Crippen LogP contribution < -0.4 is 10.1 Å². The third-order valence-electron chi connectivity index (χ3n) is 4.46. The summed E-state index contributed by atoms with van der Waals surface area (Å²) in [6.07, 6.45) is 1.95. The number of halogens is 1. The van der Waals surface area contributed by atoms with Gasteiger partial charge in [-0.05, 0) is 57.9 Å². The summed E-state index contributed by atoms with van der Waals surface area (Å²) in [4.78, 5) is 0. The molecule has 2 rings (SSSR count). The molecule has 1 aliphatic heterocycles. The molecule has 1 N–H and O–H groups in total. The second-order valence-corrected chi connectivity index (χ2v) is 6.73. The summed E-state index contributed by atoms with van der Waals surface area (Å²) < 4.78 is 30.8. The van der Waals surface area contributed by atoms with E-state index < -0.39 is 18.3 Å². The van der Waals surface area contributed by atoms with Crippen LogP contribution in [0.1, 0.15) is 33.3 Å². The molecule has 0 aromatic heterocycles. The van der Waals surface area contributed by atoms with Crippen LogP contribution in [0.2, 0.25) is 0 Å². The van der Waals surface area contributed by atoms with Crippen molar-refractivity contribution in [3.63, 3.8) is 0 Å². The van der Waals surface area contributed by atoms with Gasteiger partial charge in [0.05, 0.1) is 18.3 Å². The van der Waals surface area contributed by atoms with Crippen LogP contribution in [0.5, 0.6) is 5.75 Å². The molecule has 1 aromatic carbocycles. The fraction of sp³-hybridized carbons (Fsp3) is 0.529. The maximum absolute atomic E-state index is 13.6. The largest absolute Gasteiger partial charge is 0.494 e. The first-order valence-corrected chi connectivity index (χ1v) is 7.74. The van der Waals surface area contributed by atoms with Gasteiger partial charge in [0.25, 0.3) is 0 Å². The summed E-state index contributed by atoms with van der Waals surface area (Å²) in [6, 6.07) is 4.76. The number of hydrogen-bond acceptors (Lipinski definition) is 4. The Balaban J connectivity index is 2.32. The van der Waals surface area contributed by atoms with Gasteiger partial charge < -0.3 is 19.4 Å². The zero-order valence-corrected chi connectivity index (χ0v) is 14.7. The number of methoxy groups -OCH3 is 1. The molecule has 0 amide bonds. The van der Waals surface area contributed by atoms with Crippen LogP contribution in [0.3, 0.4) is 0 Å². The minimum atomic E-state index is -0.441. The Morgan fingerprint density at radius 2 is 1.87 bits per heavy atom. The lowest BCUT2D eigenvalue weighted by molar-refractivity contribution is 0.00578. The quantitative estimate of drug-likeness (QED) is 0.846. The van der Waals surface area contributed by atoms with Crippen molar-refractivity contribution < 1.29 is 18.4 Å². The molecule has 1 aromatic rings. The first kappa shape index (κ1) is 18.0. The molecule has 0 saturated carbocycles. The zero-order valence-electron chi connectivity index (χ0n) is 14.7. The van der Waals surface area contributed by atoms with E-state index >= 15 is 0 Å². The summed E-state index contributed by atoms with van der Waals surface area (Å²) in [7, 11) is 2.88. The molecule has 1 fully saturated rings. The second-order valence-electron chi connectivity index (χ2n) is 6.73. The van der Waals surface area contributed by atoms with Gasteiger partial charge in [0.1, 0.15) is 0 Å². The fourth-order valence-corrected chi connectivity index (χ4v) is 2.38. The Morgan fingerprint density at radius 1 is 1.26 bits per heavy atom. The van der Waals surface area contributed by atoms with Crippen molar-refractivity contribution in [3.8, 4) is 5.75 Å². The highest BCUT2D eigenvalue weighted by atomic mass is 19.1. The van der Waals surface area contributed by atoms with Gasteiger partial charge in [0.15, 0.2) is 11.6 Å². The molecular weight excluding hydrogens is 296 g/mol. The molecule has 1 saturated heterocycles. The Morgan fingerprint density at radius 3 is 2.39 bits per heavy atom. The third kappa shape index (κ3) is 3.76. The summed E-state index contributed by atoms with van der Waals surface area (Å²) in [5.41, 5.74) is 0.985. The predicted octanol–water partition coefficient (Wildman–Crippen LogP) is 3.07. The smallest absolute Gasteiger partial charge is 0.491 e. The van der Waals surface area contributed by atoms with Crippen molar-refractivity contribution in [1.29, 1.82) is 0 Å². The van der Waals surface area contributed by atoms with E-state index in [9.17, 15) is 4.39 Å². The topological polar surface area (TPSA) is 39.7 Å². The number of nitrogens with one attached hydrogen (secondary N) is 1. The fourth-order valence-electron chi connectivity index (χ4n) is 2.38. The number of hydrogen-bond donors (Lipinski definition) is 1. The normalized spacial score (nSPS) is 20.0. The lowest BCUT2D eigenvalue weighted by Gasteiger charge is -2.32. The summed E-state index contributed by atoms with van der Waals surface area (Å²) in [5.74, 6) is -0.160. The minimum absolute atomic E-state index is 0.219. The molecule has 0 radical (unpaired) electrons. The minimum Gasteiger partial charge on any atom is -0.494 e. The van der Waals surface area contributed by atoms with E-state index in [1.165, 1.54) is 13.2 Å². The molecule has 6 heteroatoms. The SMILES string of the molecule is CNCC(=Cc1ccc(F)c(OC)c1)B1OC(C)(C)C(C)(C)O1. The van der Waals surface area contributed by atoms with Gasteiger partial charge in [-0.25, -0.2) is 4.39 Å². The maximum atomic E-state index is 13.6. The van der Waals surface area contributed by atoms with Crippen LogP contribution in [0.4, 0.5) is 4.39 Å². The molecule has 1 heterocycles. The number of likely N-dealkylation sites (N-methyl/N-ethyl adjacent to an activating group) is 1. The Bertz CT molecular complexity index is 586. The molecule has 0 unspecified atom stereocenters. The third-order valence-corrected chi connectivity index (χ3v) is 4.46. The van der Waals surface area contributed by atoms with Gasteiger partial charge in [0.2, 0.25) is 0 Å². The second kappa shape index (κ2) is 6.63. The molecule has 0 aliphatic carbocycles. The van der Waals surface area contributed by atoms with Gasteiger partial charge in [0, 0.05) is 6.54 Å². The number of rotatable bonds is 5. The molecule has 0 spiro atoms. The first-order chi connectivity index (χ1) is 10.7. The molecule has 0 bridgehead atoms. The summed E-state index contributed by atoms with van der Waals surface area (Å²) >= 11 is 0. The predicted molar refractivity (Wildman–Crippen MR) is 90.9 cm³/mol. The van der Waals surface area contributed by atoms with E-state index in [1.54, 1.807) is 12.1 Å². The zero-order chi connectivity index (χ0) is 17.3. The van der Waals surface area contributed by atoms with Crippen LogP contribution in [-0.4, -0.2) is 39.0 Å². The molecule has 4 nitrogen and oxygen atoms in total. The van der Waals surface area contributed by atoms with Crippen LogP contribution in [0.25, 0.3) is 6.08 Å². The van der Waals surface area contributed by atoms with Crippen LogP contribution >= 0.6 is 0 Å². The Hall–Kier alpha value is -1.37. The van der Waals surface area contributed by atoms with Crippen LogP contribution in [0.15, 0.2) is 23.7 Å². The number of ether oxygens (including phenoxy) is 1. The molecular formula is C17H25BFNO3. The Kier molecular flexibility index (Phi) is 5.18. The maximum Gasteiger partial charge on any atom is 0.491 e. The van der Waals surface area contributed by atoms with Crippen molar-refractivity contribution in [1.82, 2.24) is 5.32 Å². The summed E-state index contributed by atoms with van der Waals surface area (Å²) in [6.45, 7) is 8.68. The standard InChI is InChI=1S/C17H25BFNO3/c1-16(2)17(3,4)23-18(22-16)13(11-20-5)9-12-7-8-14(19)15(10-12)21-6/h7-10,20H,11H2,1-6H3. The highest BCUT2D eigenvalue weighted by Gasteiger charge is 2.52. The Labute approximate surface area is 138 Å².